The molecule has 136 valence electrons. The highest BCUT2D eigenvalue weighted by molar-refractivity contribution is 6.43. The van der Waals surface area contributed by atoms with Crippen molar-refractivity contribution in [3.63, 3.8) is 0 Å². The number of hydrogen-bond acceptors (Lipinski definition) is 4. The third-order valence-corrected chi connectivity index (χ3v) is 5.03. The molecule has 0 bridgehead atoms. The standard InChI is InChI=1S/C20H25BN2O3/c1-23-13-5-8-18(23)20(24)22-19(21(25)26)14-15-9-11-17(12-10-15)16-6-3-2-4-7-16/h2-4,6-7,9-12,18-19,25-26H,5,8,13-14H2,1H3,(H,22,24)/t18-,19-/m0/s1. The predicted octanol–water partition coefficient (Wildman–Crippen LogP) is 1.49. The van der Waals surface area contributed by atoms with Crippen LogP contribution in [0.1, 0.15) is 18.4 Å². The molecule has 2 aromatic rings. The summed E-state index contributed by atoms with van der Waals surface area (Å²) in [5, 5.41) is 22.2. The van der Waals surface area contributed by atoms with Gasteiger partial charge in [-0.3, -0.25) is 9.69 Å². The first kappa shape index (κ1) is 18.6. The van der Waals surface area contributed by atoms with Crippen LogP contribution >= 0.6 is 0 Å². The van der Waals surface area contributed by atoms with Gasteiger partial charge in [-0.15, -0.1) is 0 Å². The van der Waals surface area contributed by atoms with E-state index in [-0.39, 0.29) is 11.9 Å². The number of rotatable bonds is 6. The number of likely N-dealkylation sites (tertiary alicyclic amines) is 1. The minimum absolute atomic E-state index is 0.135. The molecule has 1 aliphatic heterocycles. The Morgan fingerprint density at radius 3 is 2.38 bits per heavy atom. The molecule has 26 heavy (non-hydrogen) atoms. The van der Waals surface area contributed by atoms with Crippen molar-refractivity contribution in [2.24, 2.45) is 0 Å². The van der Waals surface area contributed by atoms with E-state index < -0.39 is 13.1 Å². The van der Waals surface area contributed by atoms with Crippen LogP contribution in [-0.2, 0) is 11.2 Å². The lowest BCUT2D eigenvalue weighted by molar-refractivity contribution is -0.125. The van der Waals surface area contributed by atoms with Gasteiger partial charge in [0.2, 0.25) is 5.91 Å². The quantitative estimate of drug-likeness (QED) is 0.689. The van der Waals surface area contributed by atoms with E-state index in [0.717, 1.165) is 36.1 Å². The minimum atomic E-state index is -1.60. The maximum atomic E-state index is 12.4. The van der Waals surface area contributed by atoms with Gasteiger partial charge in [0, 0.05) is 0 Å². The van der Waals surface area contributed by atoms with Crippen LogP contribution in [0.3, 0.4) is 0 Å². The van der Waals surface area contributed by atoms with E-state index >= 15 is 0 Å². The van der Waals surface area contributed by atoms with Gasteiger partial charge in [0.25, 0.3) is 0 Å². The topological polar surface area (TPSA) is 72.8 Å². The number of nitrogens with one attached hydrogen (secondary N) is 1. The molecule has 1 heterocycles. The van der Waals surface area contributed by atoms with Crippen molar-refractivity contribution < 1.29 is 14.8 Å². The van der Waals surface area contributed by atoms with Gasteiger partial charge in [0.15, 0.2) is 0 Å². The van der Waals surface area contributed by atoms with Crippen LogP contribution in [0.25, 0.3) is 11.1 Å². The smallest absolute Gasteiger partial charge is 0.426 e. The normalized spacial score (nSPS) is 18.5. The number of benzene rings is 2. The van der Waals surface area contributed by atoms with Gasteiger partial charge in [0.05, 0.1) is 12.0 Å². The maximum absolute atomic E-state index is 12.4. The van der Waals surface area contributed by atoms with Crippen molar-refractivity contribution in [2.45, 2.75) is 31.2 Å². The van der Waals surface area contributed by atoms with Gasteiger partial charge in [-0.05, 0) is 49.5 Å². The van der Waals surface area contributed by atoms with Crippen LogP contribution in [-0.4, -0.2) is 53.5 Å². The minimum Gasteiger partial charge on any atom is -0.426 e. The Labute approximate surface area is 154 Å². The van der Waals surface area contributed by atoms with E-state index in [1.54, 1.807) is 0 Å². The van der Waals surface area contributed by atoms with Crippen LogP contribution in [0.5, 0.6) is 0 Å². The molecule has 1 saturated heterocycles. The van der Waals surface area contributed by atoms with Gasteiger partial charge >= 0.3 is 7.12 Å². The predicted molar refractivity (Wildman–Crippen MR) is 103 cm³/mol. The lowest BCUT2D eigenvalue weighted by Crippen LogP contribution is -2.52. The Hall–Kier alpha value is -2.15. The van der Waals surface area contributed by atoms with Crippen molar-refractivity contribution in [1.29, 1.82) is 0 Å². The van der Waals surface area contributed by atoms with E-state index in [9.17, 15) is 14.8 Å². The van der Waals surface area contributed by atoms with Gasteiger partial charge < -0.3 is 15.4 Å². The van der Waals surface area contributed by atoms with E-state index in [1.807, 2.05) is 66.5 Å². The summed E-state index contributed by atoms with van der Waals surface area (Å²) in [6.45, 7) is 0.894. The molecule has 6 heteroatoms. The fraction of sp³-hybridized carbons (Fsp3) is 0.350. The Bertz CT molecular complexity index is 722. The lowest BCUT2D eigenvalue weighted by atomic mass is 9.75. The number of likely N-dealkylation sites (N-methyl/N-ethyl adjacent to an activating group) is 1. The molecule has 2 aromatic carbocycles. The highest BCUT2D eigenvalue weighted by Gasteiger charge is 2.32. The second-order valence-electron chi connectivity index (χ2n) is 6.93. The molecule has 3 N–H and O–H groups in total. The van der Waals surface area contributed by atoms with Gasteiger partial charge in [-0.25, -0.2) is 0 Å². The maximum Gasteiger partial charge on any atom is 0.475 e. The lowest BCUT2D eigenvalue weighted by Gasteiger charge is -2.23. The molecule has 1 fully saturated rings. The molecule has 0 spiro atoms. The number of carbonyl (C=O) groups is 1. The Kier molecular flexibility index (Phi) is 6.09. The first-order chi connectivity index (χ1) is 12.5. The molecule has 0 saturated carbocycles. The van der Waals surface area contributed by atoms with Crippen LogP contribution in [0.15, 0.2) is 54.6 Å². The Morgan fingerprint density at radius 2 is 1.81 bits per heavy atom. The number of amides is 1. The summed E-state index contributed by atoms with van der Waals surface area (Å²) in [6, 6.07) is 17.8. The third kappa shape index (κ3) is 4.52. The molecule has 2 atom stereocenters. The van der Waals surface area contributed by atoms with Crippen LogP contribution in [0.2, 0.25) is 0 Å². The summed E-state index contributed by atoms with van der Waals surface area (Å²) in [5.41, 5.74) is 3.19. The van der Waals surface area contributed by atoms with Gasteiger partial charge in [0.1, 0.15) is 0 Å². The molecule has 1 aliphatic rings. The first-order valence-corrected chi connectivity index (χ1v) is 9.05. The highest BCUT2D eigenvalue weighted by Crippen LogP contribution is 2.20. The molecule has 0 aromatic heterocycles. The molecular formula is C20H25BN2O3. The SMILES string of the molecule is CN1CCC[C@H]1C(=O)N[C@@H](Cc1ccc(-c2ccccc2)cc1)B(O)O. The zero-order valence-electron chi connectivity index (χ0n) is 15.0. The molecule has 5 nitrogen and oxygen atoms in total. The number of nitrogens with zero attached hydrogens (tertiary/aromatic N) is 1. The van der Waals surface area contributed by atoms with Crippen molar-refractivity contribution in [2.75, 3.05) is 13.6 Å². The van der Waals surface area contributed by atoms with E-state index in [0.29, 0.717) is 6.42 Å². The zero-order chi connectivity index (χ0) is 18.5. The second-order valence-corrected chi connectivity index (χ2v) is 6.93. The molecule has 0 radical (unpaired) electrons. The highest BCUT2D eigenvalue weighted by atomic mass is 16.4. The fourth-order valence-electron chi connectivity index (χ4n) is 3.47. The molecule has 1 amide bonds. The van der Waals surface area contributed by atoms with Gasteiger partial charge in [-0.1, -0.05) is 54.6 Å². The van der Waals surface area contributed by atoms with E-state index in [4.69, 9.17) is 0 Å². The third-order valence-electron chi connectivity index (χ3n) is 5.03. The summed E-state index contributed by atoms with van der Waals surface area (Å²) in [5.74, 6) is -0.858. The summed E-state index contributed by atoms with van der Waals surface area (Å²) in [6.07, 6.45) is 2.17. The zero-order valence-corrected chi connectivity index (χ0v) is 15.0. The first-order valence-electron chi connectivity index (χ1n) is 9.05. The average molecular weight is 352 g/mol. The van der Waals surface area contributed by atoms with Gasteiger partial charge in [-0.2, -0.15) is 0 Å². The monoisotopic (exact) mass is 352 g/mol. The van der Waals surface area contributed by atoms with Crippen molar-refractivity contribution in [1.82, 2.24) is 10.2 Å². The number of carbonyl (C=O) groups excluding carboxylic acids is 1. The average Bonchev–Trinajstić information content (AvgIpc) is 3.08. The second kappa shape index (κ2) is 8.49. The fourth-order valence-corrected chi connectivity index (χ4v) is 3.47. The largest absolute Gasteiger partial charge is 0.475 e. The van der Waals surface area contributed by atoms with Crippen molar-refractivity contribution in [3.8, 4) is 11.1 Å². The van der Waals surface area contributed by atoms with Crippen LogP contribution in [0, 0.1) is 0 Å². The van der Waals surface area contributed by atoms with E-state index in [1.165, 1.54) is 0 Å². The van der Waals surface area contributed by atoms with Crippen molar-refractivity contribution >= 4 is 13.0 Å². The Balaban J connectivity index is 1.65. The summed E-state index contributed by atoms with van der Waals surface area (Å²) in [4.78, 5) is 14.4. The summed E-state index contributed by atoms with van der Waals surface area (Å²) in [7, 11) is 0.323. The molecule has 0 unspecified atom stereocenters. The Morgan fingerprint density at radius 1 is 1.15 bits per heavy atom. The summed E-state index contributed by atoms with van der Waals surface area (Å²) >= 11 is 0. The molecular weight excluding hydrogens is 327 g/mol. The molecule has 0 aliphatic carbocycles. The van der Waals surface area contributed by atoms with Crippen molar-refractivity contribution in [3.05, 3.63) is 60.2 Å². The van der Waals surface area contributed by atoms with Crippen LogP contribution in [0.4, 0.5) is 0 Å². The van der Waals surface area contributed by atoms with Crippen LogP contribution < -0.4 is 5.32 Å². The summed E-state index contributed by atoms with van der Waals surface area (Å²) < 4.78 is 0. The number of hydrogen-bond donors (Lipinski definition) is 3. The van der Waals surface area contributed by atoms with E-state index in [2.05, 4.69) is 5.32 Å². The molecule has 3 rings (SSSR count).